The number of thioether (sulfide) groups is 1. The number of carbonyl (C=O) groups excluding carboxylic acids is 1. The van der Waals surface area contributed by atoms with Crippen molar-refractivity contribution in [2.24, 2.45) is 4.99 Å². The Kier molecular flexibility index (Phi) is 5.34. The van der Waals surface area contributed by atoms with Crippen molar-refractivity contribution in [3.63, 3.8) is 0 Å². The van der Waals surface area contributed by atoms with Gasteiger partial charge in [-0.3, -0.25) is 4.79 Å². The molecule has 1 amide bonds. The van der Waals surface area contributed by atoms with E-state index in [1.807, 2.05) is 41.3 Å². The summed E-state index contributed by atoms with van der Waals surface area (Å²) in [6.45, 7) is 2.19. The summed E-state index contributed by atoms with van der Waals surface area (Å²) in [4.78, 5) is 18.1. The fraction of sp³-hybridized carbons (Fsp3) is 0.353. The Morgan fingerprint density at radius 1 is 1.42 bits per heavy atom. The van der Waals surface area contributed by atoms with Gasteiger partial charge < -0.3 is 10.2 Å². The molecule has 3 rings (SSSR count). The van der Waals surface area contributed by atoms with E-state index in [1.54, 1.807) is 6.92 Å². The second-order valence-corrected chi connectivity index (χ2v) is 9.29. The SMILES string of the molecule is CCNC(=O)/C(C#N)=C\N=C1S[C@@H]2CS(=O)(=O)C[C@H]2N1c1ccccc1. The van der Waals surface area contributed by atoms with Gasteiger partial charge in [-0.1, -0.05) is 30.0 Å². The van der Waals surface area contributed by atoms with Crippen LogP contribution >= 0.6 is 11.8 Å². The Hall–Kier alpha value is -2.31. The molecule has 1 N–H and O–H groups in total. The lowest BCUT2D eigenvalue weighted by Crippen LogP contribution is -2.37. The summed E-state index contributed by atoms with van der Waals surface area (Å²) >= 11 is 1.38. The van der Waals surface area contributed by atoms with E-state index in [1.165, 1.54) is 18.0 Å². The number of likely N-dealkylation sites (N-methyl/N-ethyl adjacent to an activating group) is 1. The van der Waals surface area contributed by atoms with Crippen LogP contribution < -0.4 is 10.2 Å². The van der Waals surface area contributed by atoms with E-state index in [0.717, 1.165) is 5.69 Å². The number of benzene rings is 1. The number of hydrogen-bond donors (Lipinski definition) is 1. The van der Waals surface area contributed by atoms with Gasteiger partial charge in [-0.05, 0) is 19.1 Å². The number of carbonyl (C=O) groups is 1. The second-order valence-electron chi connectivity index (χ2n) is 5.93. The van der Waals surface area contributed by atoms with Crippen molar-refractivity contribution in [1.82, 2.24) is 5.32 Å². The van der Waals surface area contributed by atoms with Gasteiger partial charge in [-0.25, -0.2) is 13.4 Å². The predicted octanol–water partition coefficient (Wildman–Crippen LogP) is 1.30. The quantitative estimate of drug-likeness (QED) is 0.614. The maximum atomic E-state index is 12.0. The number of para-hydroxylation sites is 1. The number of nitriles is 1. The average molecular weight is 390 g/mol. The molecule has 26 heavy (non-hydrogen) atoms. The van der Waals surface area contributed by atoms with E-state index >= 15 is 0 Å². The molecule has 0 saturated carbocycles. The lowest BCUT2D eigenvalue weighted by atomic mass is 10.2. The highest BCUT2D eigenvalue weighted by Gasteiger charge is 2.49. The average Bonchev–Trinajstić information content (AvgIpc) is 3.07. The van der Waals surface area contributed by atoms with Gasteiger partial charge in [0.05, 0.1) is 23.7 Å². The Morgan fingerprint density at radius 2 is 2.15 bits per heavy atom. The molecule has 0 aromatic heterocycles. The molecule has 2 saturated heterocycles. The molecule has 2 atom stereocenters. The summed E-state index contributed by atoms with van der Waals surface area (Å²) in [5.41, 5.74) is 0.755. The van der Waals surface area contributed by atoms with Crippen LogP contribution in [0.5, 0.6) is 0 Å². The van der Waals surface area contributed by atoms with E-state index in [9.17, 15) is 13.2 Å². The van der Waals surface area contributed by atoms with Crippen LogP contribution in [0.25, 0.3) is 0 Å². The number of rotatable bonds is 4. The number of nitrogens with one attached hydrogen (secondary N) is 1. The number of fused-ring (bicyclic) bond motifs is 1. The van der Waals surface area contributed by atoms with Crippen LogP contribution in [0.2, 0.25) is 0 Å². The van der Waals surface area contributed by atoms with Gasteiger partial charge in [0, 0.05) is 17.5 Å². The number of aliphatic imine (C=N–C) groups is 1. The molecule has 2 aliphatic heterocycles. The van der Waals surface area contributed by atoms with Crippen molar-refractivity contribution < 1.29 is 13.2 Å². The van der Waals surface area contributed by atoms with Gasteiger partial charge in [0.15, 0.2) is 15.0 Å². The number of amidine groups is 1. The highest BCUT2D eigenvalue weighted by molar-refractivity contribution is 8.16. The third-order valence-electron chi connectivity index (χ3n) is 4.11. The van der Waals surface area contributed by atoms with Crippen molar-refractivity contribution in [3.8, 4) is 6.07 Å². The van der Waals surface area contributed by atoms with Gasteiger partial charge >= 0.3 is 0 Å². The van der Waals surface area contributed by atoms with E-state index in [4.69, 9.17) is 5.26 Å². The minimum Gasteiger partial charge on any atom is -0.352 e. The molecule has 136 valence electrons. The maximum absolute atomic E-state index is 12.0. The van der Waals surface area contributed by atoms with E-state index in [2.05, 4.69) is 10.3 Å². The molecule has 0 radical (unpaired) electrons. The van der Waals surface area contributed by atoms with Crippen LogP contribution in [0, 0.1) is 11.3 Å². The molecule has 2 heterocycles. The summed E-state index contributed by atoms with van der Waals surface area (Å²) in [7, 11) is -3.08. The van der Waals surface area contributed by atoms with Crippen LogP contribution in [0.4, 0.5) is 5.69 Å². The number of amides is 1. The summed E-state index contributed by atoms with van der Waals surface area (Å²) in [5, 5.41) is 12.2. The van der Waals surface area contributed by atoms with E-state index in [0.29, 0.717) is 11.7 Å². The summed E-state index contributed by atoms with van der Waals surface area (Å²) in [6.07, 6.45) is 1.25. The normalized spacial score (nSPS) is 25.8. The molecule has 0 aliphatic carbocycles. The Balaban J connectivity index is 1.96. The zero-order chi connectivity index (χ0) is 18.7. The molecule has 2 fully saturated rings. The molecule has 0 bridgehead atoms. The Bertz CT molecular complexity index is 904. The first-order valence-electron chi connectivity index (χ1n) is 8.13. The molecule has 0 spiro atoms. The minimum absolute atomic E-state index is 0.0731. The molecule has 7 nitrogen and oxygen atoms in total. The van der Waals surface area contributed by atoms with E-state index in [-0.39, 0.29) is 28.4 Å². The van der Waals surface area contributed by atoms with Gasteiger partial charge in [0.25, 0.3) is 5.91 Å². The highest BCUT2D eigenvalue weighted by atomic mass is 32.2. The smallest absolute Gasteiger partial charge is 0.263 e. The van der Waals surface area contributed by atoms with Crippen LogP contribution in [-0.4, -0.2) is 48.8 Å². The summed E-state index contributed by atoms with van der Waals surface area (Å²) < 4.78 is 24.0. The third kappa shape index (κ3) is 3.76. The second kappa shape index (κ2) is 7.51. The fourth-order valence-electron chi connectivity index (χ4n) is 2.98. The van der Waals surface area contributed by atoms with Crippen molar-refractivity contribution >= 4 is 38.4 Å². The number of nitrogens with zero attached hydrogens (tertiary/aromatic N) is 3. The first-order chi connectivity index (χ1) is 12.4. The van der Waals surface area contributed by atoms with Crippen molar-refractivity contribution in [3.05, 3.63) is 42.1 Å². The number of sulfone groups is 1. The zero-order valence-corrected chi connectivity index (χ0v) is 15.8. The third-order valence-corrected chi connectivity index (χ3v) is 7.33. The lowest BCUT2D eigenvalue weighted by molar-refractivity contribution is -0.117. The number of anilines is 1. The molecular formula is C17H18N4O3S2. The standard InChI is InChI=1S/C17H18N4O3S2/c1-2-19-16(22)12(8-18)9-20-17-21(13-6-4-3-5-7-13)14-10-26(23,24)11-15(14)25-17/h3-7,9,14-15H,2,10-11H2,1H3,(H,19,22)/b12-9-,20-17?/t14-,15-/m1/s1. The monoisotopic (exact) mass is 390 g/mol. The first-order valence-corrected chi connectivity index (χ1v) is 10.8. The molecule has 2 aliphatic rings. The predicted molar refractivity (Wildman–Crippen MR) is 103 cm³/mol. The van der Waals surface area contributed by atoms with Crippen molar-refractivity contribution in [1.29, 1.82) is 5.26 Å². The zero-order valence-electron chi connectivity index (χ0n) is 14.1. The Morgan fingerprint density at radius 3 is 2.81 bits per heavy atom. The summed E-state index contributed by atoms with van der Waals surface area (Å²) in [5.74, 6) is -0.295. The molecule has 9 heteroatoms. The van der Waals surface area contributed by atoms with Crippen LogP contribution in [0.3, 0.4) is 0 Å². The molecule has 1 aromatic rings. The first kappa shape index (κ1) is 18.5. The van der Waals surface area contributed by atoms with Gasteiger partial charge in [-0.2, -0.15) is 5.26 Å². The van der Waals surface area contributed by atoms with Crippen LogP contribution in [0.15, 0.2) is 47.1 Å². The molecule has 0 unspecified atom stereocenters. The minimum atomic E-state index is -3.08. The van der Waals surface area contributed by atoms with Crippen molar-refractivity contribution in [2.75, 3.05) is 23.0 Å². The van der Waals surface area contributed by atoms with Gasteiger partial charge in [0.1, 0.15) is 11.6 Å². The largest absolute Gasteiger partial charge is 0.352 e. The highest BCUT2D eigenvalue weighted by Crippen LogP contribution is 2.40. The Labute approximate surface area is 156 Å². The van der Waals surface area contributed by atoms with Crippen molar-refractivity contribution in [2.45, 2.75) is 18.2 Å². The fourth-order valence-corrected chi connectivity index (χ4v) is 6.87. The van der Waals surface area contributed by atoms with Crippen LogP contribution in [0.1, 0.15) is 6.92 Å². The van der Waals surface area contributed by atoms with E-state index < -0.39 is 15.7 Å². The maximum Gasteiger partial charge on any atom is 0.263 e. The van der Waals surface area contributed by atoms with Crippen LogP contribution in [-0.2, 0) is 14.6 Å². The van der Waals surface area contributed by atoms with Gasteiger partial charge in [-0.15, -0.1) is 0 Å². The number of hydrogen-bond acceptors (Lipinski definition) is 6. The van der Waals surface area contributed by atoms with Gasteiger partial charge in [0.2, 0.25) is 0 Å². The summed E-state index contributed by atoms with van der Waals surface area (Å²) in [6, 6.07) is 11.1. The molecular weight excluding hydrogens is 372 g/mol. The molecule has 1 aromatic carbocycles. The lowest BCUT2D eigenvalue weighted by Gasteiger charge is -2.24. The topological polar surface area (TPSA) is 103 Å².